The Morgan fingerprint density at radius 3 is 2.69 bits per heavy atom. The van der Waals surface area contributed by atoms with Crippen molar-refractivity contribution in [2.75, 3.05) is 45.3 Å². The van der Waals surface area contributed by atoms with Gasteiger partial charge in [0.1, 0.15) is 5.75 Å². The zero-order valence-electron chi connectivity index (χ0n) is 14.6. The number of hydrogen-bond acceptors (Lipinski definition) is 7. The molecule has 26 heavy (non-hydrogen) atoms. The second-order valence-corrected chi connectivity index (χ2v) is 5.95. The highest BCUT2D eigenvalue weighted by Crippen LogP contribution is 2.26. The summed E-state index contributed by atoms with van der Waals surface area (Å²) < 4.78 is 10.7. The molecule has 138 valence electrons. The number of benzene rings is 1. The summed E-state index contributed by atoms with van der Waals surface area (Å²) in [5.74, 6) is 1.08. The second-order valence-electron chi connectivity index (χ2n) is 5.95. The van der Waals surface area contributed by atoms with Crippen molar-refractivity contribution in [3.05, 3.63) is 58.3 Å². The summed E-state index contributed by atoms with van der Waals surface area (Å²) in [6.45, 7) is 3.47. The molecule has 0 aliphatic carbocycles. The maximum Gasteiger partial charge on any atom is 0.311 e. The summed E-state index contributed by atoms with van der Waals surface area (Å²) in [6, 6.07) is 10.9. The van der Waals surface area contributed by atoms with Gasteiger partial charge < -0.3 is 14.8 Å². The van der Waals surface area contributed by atoms with Gasteiger partial charge in [0.15, 0.2) is 0 Å². The predicted octanol–water partition coefficient (Wildman–Crippen LogP) is 2.48. The molecule has 2 aromatic rings. The fourth-order valence-corrected chi connectivity index (χ4v) is 3.05. The molecule has 2 heterocycles. The van der Waals surface area contributed by atoms with E-state index in [2.05, 4.69) is 15.2 Å². The van der Waals surface area contributed by atoms with Gasteiger partial charge in [-0.3, -0.25) is 15.0 Å². The van der Waals surface area contributed by atoms with Crippen molar-refractivity contribution in [2.24, 2.45) is 0 Å². The van der Waals surface area contributed by atoms with E-state index in [1.165, 1.54) is 6.07 Å². The summed E-state index contributed by atoms with van der Waals surface area (Å²) in [7, 11) is 1.64. The normalized spacial score (nSPS) is 16.0. The van der Waals surface area contributed by atoms with E-state index in [0.717, 1.165) is 24.4 Å². The van der Waals surface area contributed by atoms with Crippen LogP contribution in [-0.4, -0.2) is 54.8 Å². The summed E-state index contributed by atoms with van der Waals surface area (Å²) >= 11 is 0. The number of methoxy groups -OCH3 is 1. The standard InChI is InChI=1S/C18H22N4O4/c1-25-15-6-4-14(5-7-15)17(21-9-11-26-12-10-21)13-20-18-16(22(23)24)3-2-8-19-18/h2-8,17H,9-13H2,1H3,(H,19,20)/t17-/m0/s1. The van der Waals surface area contributed by atoms with Crippen LogP contribution in [0.15, 0.2) is 42.6 Å². The Balaban J connectivity index is 1.80. The summed E-state index contributed by atoms with van der Waals surface area (Å²) in [4.78, 5) is 17.2. The molecule has 0 bridgehead atoms. The van der Waals surface area contributed by atoms with E-state index in [9.17, 15) is 10.1 Å². The Hall–Kier alpha value is -2.71. The maximum absolute atomic E-state index is 11.2. The van der Waals surface area contributed by atoms with Gasteiger partial charge in [0, 0.05) is 31.9 Å². The van der Waals surface area contributed by atoms with E-state index in [4.69, 9.17) is 9.47 Å². The van der Waals surface area contributed by atoms with Crippen molar-refractivity contribution in [3.8, 4) is 5.75 Å². The molecule has 3 rings (SSSR count). The van der Waals surface area contributed by atoms with Crippen LogP contribution in [0.2, 0.25) is 0 Å². The molecule has 1 aliphatic heterocycles. The van der Waals surface area contributed by atoms with Gasteiger partial charge in [-0.15, -0.1) is 0 Å². The lowest BCUT2D eigenvalue weighted by molar-refractivity contribution is -0.384. The Labute approximate surface area is 151 Å². The van der Waals surface area contributed by atoms with Crippen LogP contribution in [0.5, 0.6) is 5.75 Å². The van der Waals surface area contributed by atoms with E-state index in [-0.39, 0.29) is 17.5 Å². The van der Waals surface area contributed by atoms with Gasteiger partial charge in [-0.25, -0.2) is 4.98 Å². The lowest BCUT2D eigenvalue weighted by atomic mass is 10.0. The van der Waals surface area contributed by atoms with E-state index < -0.39 is 4.92 Å². The number of hydrogen-bond donors (Lipinski definition) is 1. The molecule has 0 saturated carbocycles. The Bertz CT molecular complexity index is 732. The molecule has 1 aliphatic rings. The quantitative estimate of drug-likeness (QED) is 0.601. The maximum atomic E-state index is 11.2. The SMILES string of the molecule is COc1ccc([C@H](CNc2ncccc2[N+](=O)[O-])N2CCOCC2)cc1. The lowest BCUT2D eigenvalue weighted by Crippen LogP contribution is -2.41. The molecular formula is C18H22N4O4. The third-order valence-corrected chi connectivity index (χ3v) is 4.43. The van der Waals surface area contributed by atoms with Gasteiger partial charge in [-0.2, -0.15) is 0 Å². The summed E-state index contributed by atoms with van der Waals surface area (Å²) in [6.07, 6.45) is 1.55. The molecule has 0 amide bonds. The molecule has 1 fully saturated rings. The van der Waals surface area contributed by atoms with Crippen LogP contribution in [0, 0.1) is 10.1 Å². The van der Waals surface area contributed by atoms with E-state index >= 15 is 0 Å². The van der Waals surface area contributed by atoms with E-state index in [1.807, 2.05) is 24.3 Å². The van der Waals surface area contributed by atoms with Crippen molar-refractivity contribution >= 4 is 11.5 Å². The first-order chi connectivity index (χ1) is 12.7. The highest BCUT2D eigenvalue weighted by Gasteiger charge is 2.24. The first kappa shape index (κ1) is 18.1. The highest BCUT2D eigenvalue weighted by atomic mass is 16.6. The number of morpholine rings is 1. The minimum atomic E-state index is -0.424. The van der Waals surface area contributed by atoms with Crippen LogP contribution in [0.25, 0.3) is 0 Å². The predicted molar refractivity (Wildman–Crippen MR) is 97.5 cm³/mol. The number of ether oxygens (including phenoxy) is 2. The number of nitrogens with zero attached hydrogens (tertiary/aromatic N) is 3. The monoisotopic (exact) mass is 358 g/mol. The lowest BCUT2D eigenvalue weighted by Gasteiger charge is -2.35. The van der Waals surface area contributed by atoms with Crippen molar-refractivity contribution in [2.45, 2.75) is 6.04 Å². The van der Waals surface area contributed by atoms with Crippen LogP contribution in [0.1, 0.15) is 11.6 Å². The second kappa shape index (κ2) is 8.59. The average Bonchev–Trinajstić information content (AvgIpc) is 2.69. The largest absolute Gasteiger partial charge is 0.497 e. The van der Waals surface area contributed by atoms with Crippen LogP contribution in [-0.2, 0) is 4.74 Å². The third kappa shape index (κ3) is 4.27. The number of anilines is 1. The first-order valence-corrected chi connectivity index (χ1v) is 8.48. The molecule has 1 atom stereocenters. The van der Waals surface area contributed by atoms with Crippen LogP contribution in [0.4, 0.5) is 11.5 Å². The fourth-order valence-electron chi connectivity index (χ4n) is 3.05. The molecule has 1 saturated heterocycles. The summed E-state index contributed by atoms with van der Waals surface area (Å²) in [5, 5.41) is 14.3. The van der Waals surface area contributed by atoms with E-state index in [0.29, 0.717) is 19.8 Å². The van der Waals surface area contributed by atoms with Crippen molar-refractivity contribution < 1.29 is 14.4 Å². The molecule has 1 aromatic heterocycles. The first-order valence-electron chi connectivity index (χ1n) is 8.48. The van der Waals surface area contributed by atoms with E-state index in [1.54, 1.807) is 19.4 Å². The Morgan fingerprint density at radius 1 is 1.31 bits per heavy atom. The van der Waals surface area contributed by atoms with Crippen molar-refractivity contribution in [3.63, 3.8) is 0 Å². The van der Waals surface area contributed by atoms with Crippen molar-refractivity contribution in [1.29, 1.82) is 0 Å². The molecule has 0 spiro atoms. The molecule has 8 nitrogen and oxygen atoms in total. The van der Waals surface area contributed by atoms with Gasteiger partial charge in [0.2, 0.25) is 5.82 Å². The van der Waals surface area contributed by atoms with Gasteiger partial charge in [0.05, 0.1) is 31.3 Å². The molecule has 0 unspecified atom stereocenters. The number of pyridine rings is 1. The number of rotatable bonds is 7. The highest BCUT2D eigenvalue weighted by molar-refractivity contribution is 5.55. The number of nitro groups is 1. The van der Waals surface area contributed by atoms with Crippen molar-refractivity contribution in [1.82, 2.24) is 9.88 Å². The zero-order valence-corrected chi connectivity index (χ0v) is 14.6. The number of aromatic nitrogens is 1. The van der Waals surface area contributed by atoms with Gasteiger partial charge in [-0.1, -0.05) is 12.1 Å². The third-order valence-electron chi connectivity index (χ3n) is 4.43. The molecule has 0 radical (unpaired) electrons. The Kier molecular flexibility index (Phi) is 5.98. The minimum Gasteiger partial charge on any atom is -0.497 e. The molecule has 1 aromatic carbocycles. The van der Waals surface area contributed by atoms with Gasteiger partial charge >= 0.3 is 5.69 Å². The fraction of sp³-hybridized carbons (Fsp3) is 0.389. The topological polar surface area (TPSA) is 89.8 Å². The smallest absolute Gasteiger partial charge is 0.311 e. The molecule has 1 N–H and O–H groups in total. The van der Waals surface area contributed by atoms with Gasteiger partial charge in [-0.05, 0) is 23.8 Å². The molecular weight excluding hydrogens is 336 g/mol. The molecule has 8 heteroatoms. The van der Waals surface area contributed by atoms with Crippen LogP contribution >= 0.6 is 0 Å². The minimum absolute atomic E-state index is 0.0250. The van der Waals surface area contributed by atoms with Gasteiger partial charge in [0.25, 0.3) is 0 Å². The van der Waals surface area contributed by atoms with Crippen LogP contribution < -0.4 is 10.1 Å². The Morgan fingerprint density at radius 2 is 2.04 bits per heavy atom. The zero-order chi connectivity index (χ0) is 18.4. The van der Waals surface area contributed by atoms with Crippen LogP contribution in [0.3, 0.4) is 0 Å². The number of nitrogens with one attached hydrogen (secondary N) is 1. The average molecular weight is 358 g/mol. The summed E-state index contributed by atoms with van der Waals surface area (Å²) in [5.41, 5.74) is 1.08.